The minimum absolute atomic E-state index is 0.557. The molecule has 21 heavy (non-hydrogen) atoms. The van der Waals surface area contributed by atoms with Crippen LogP contribution in [0.5, 0.6) is 0 Å². The molecular formula is C15H21N5O. The summed E-state index contributed by atoms with van der Waals surface area (Å²) >= 11 is 0. The third-order valence-corrected chi connectivity index (χ3v) is 3.90. The maximum atomic E-state index is 5.04. The summed E-state index contributed by atoms with van der Waals surface area (Å²) in [5, 5.41) is 6.99. The van der Waals surface area contributed by atoms with Crippen molar-refractivity contribution in [3.05, 3.63) is 24.1 Å². The Bertz CT molecular complexity index is 597. The Morgan fingerprint density at radius 1 is 1.43 bits per heavy atom. The Balaban J connectivity index is 1.78. The van der Waals surface area contributed by atoms with Gasteiger partial charge in [0.25, 0.3) is 0 Å². The zero-order valence-corrected chi connectivity index (χ0v) is 12.5. The number of piperidine rings is 1. The molecule has 1 N–H and O–H groups in total. The van der Waals surface area contributed by atoms with Crippen LogP contribution in [0.3, 0.4) is 0 Å². The van der Waals surface area contributed by atoms with E-state index >= 15 is 0 Å². The Morgan fingerprint density at radius 2 is 2.33 bits per heavy atom. The minimum Gasteiger partial charge on any atom is -0.360 e. The van der Waals surface area contributed by atoms with Crippen molar-refractivity contribution in [3.63, 3.8) is 0 Å². The molecule has 3 heterocycles. The maximum Gasteiger partial charge on any atom is 0.230 e. The van der Waals surface area contributed by atoms with Gasteiger partial charge in [-0.25, -0.2) is 4.98 Å². The molecule has 6 nitrogen and oxygen atoms in total. The first-order chi connectivity index (χ1) is 10.3. The lowest BCUT2D eigenvalue weighted by molar-refractivity contribution is 0.400. The molecule has 1 saturated heterocycles. The summed E-state index contributed by atoms with van der Waals surface area (Å²) in [6.07, 6.45) is 6.72. The smallest absolute Gasteiger partial charge is 0.230 e. The van der Waals surface area contributed by atoms with Crippen LogP contribution in [0.4, 0.5) is 17.6 Å². The van der Waals surface area contributed by atoms with Gasteiger partial charge in [-0.2, -0.15) is 4.98 Å². The second-order valence-corrected chi connectivity index (χ2v) is 5.44. The van der Waals surface area contributed by atoms with Crippen molar-refractivity contribution < 1.29 is 4.52 Å². The molecule has 2 aromatic heterocycles. The molecule has 0 amide bonds. The highest BCUT2D eigenvalue weighted by atomic mass is 16.5. The highest BCUT2D eigenvalue weighted by molar-refractivity contribution is 5.51. The molecule has 1 atom stereocenters. The van der Waals surface area contributed by atoms with Gasteiger partial charge in [-0.15, -0.1) is 0 Å². The molecule has 2 aromatic rings. The normalized spacial score (nSPS) is 18.8. The van der Waals surface area contributed by atoms with Crippen molar-refractivity contribution in [2.45, 2.75) is 45.6 Å². The lowest BCUT2D eigenvalue weighted by Gasteiger charge is -2.36. The molecule has 1 unspecified atom stereocenters. The second-order valence-electron chi connectivity index (χ2n) is 5.44. The number of nitrogens with one attached hydrogen (secondary N) is 1. The largest absolute Gasteiger partial charge is 0.360 e. The van der Waals surface area contributed by atoms with Gasteiger partial charge in [0, 0.05) is 24.8 Å². The van der Waals surface area contributed by atoms with E-state index in [4.69, 9.17) is 4.52 Å². The van der Waals surface area contributed by atoms with Gasteiger partial charge in [-0.1, -0.05) is 12.1 Å². The molecule has 0 saturated carbocycles. The Labute approximate surface area is 124 Å². The van der Waals surface area contributed by atoms with Crippen LogP contribution in [-0.2, 0) is 0 Å². The fraction of sp³-hybridized carbons (Fsp3) is 0.533. The topological polar surface area (TPSA) is 67.1 Å². The van der Waals surface area contributed by atoms with Crippen LogP contribution in [0.25, 0.3) is 0 Å². The number of aromatic nitrogens is 3. The van der Waals surface area contributed by atoms with Crippen LogP contribution >= 0.6 is 0 Å². The molecule has 0 spiro atoms. The fourth-order valence-electron chi connectivity index (χ4n) is 2.84. The third kappa shape index (κ3) is 3.15. The first kappa shape index (κ1) is 13.9. The number of aryl methyl sites for hydroxylation is 1. The SMILES string of the molecule is CCC1CCCCN1c1ccnc(Nc2cc(C)on2)n1. The van der Waals surface area contributed by atoms with E-state index in [1.165, 1.54) is 19.3 Å². The van der Waals surface area contributed by atoms with Crippen LogP contribution in [0, 0.1) is 6.92 Å². The first-order valence-corrected chi connectivity index (χ1v) is 7.56. The Kier molecular flexibility index (Phi) is 4.03. The fourth-order valence-corrected chi connectivity index (χ4v) is 2.84. The van der Waals surface area contributed by atoms with E-state index in [0.717, 1.165) is 24.5 Å². The molecule has 0 bridgehead atoms. The van der Waals surface area contributed by atoms with Crippen LogP contribution in [0.2, 0.25) is 0 Å². The molecule has 112 valence electrons. The van der Waals surface area contributed by atoms with Gasteiger partial charge in [0.15, 0.2) is 5.82 Å². The zero-order chi connectivity index (χ0) is 14.7. The van der Waals surface area contributed by atoms with E-state index in [1.54, 1.807) is 6.20 Å². The predicted octanol–water partition coefficient (Wildman–Crippen LogP) is 3.29. The van der Waals surface area contributed by atoms with E-state index in [1.807, 2.05) is 19.1 Å². The van der Waals surface area contributed by atoms with E-state index in [0.29, 0.717) is 17.8 Å². The van der Waals surface area contributed by atoms with E-state index < -0.39 is 0 Å². The highest BCUT2D eigenvalue weighted by Gasteiger charge is 2.22. The van der Waals surface area contributed by atoms with Crippen molar-refractivity contribution in [2.75, 3.05) is 16.8 Å². The quantitative estimate of drug-likeness (QED) is 0.930. The summed E-state index contributed by atoms with van der Waals surface area (Å²) in [6.45, 7) is 5.16. The van der Waals surface area contributed by atoms with Crippen molar-refractivity contribution in [3.8, 4) is 0 Å². The van der Waals surface area contributed by atoms with Gasteiger partial charge >= 0.3 is 0 Å². The molecular weight excluding hydrogens is 266 g/mol. The maximum absolute atomic E-state index is 5.04. The lowest BCUT2D eigenvalue weighted by atomic mass is 10.0. The van der Waals surface area contributed by atoms with E-state index in [9.17, 15) is 0 Å². The van der Waals surface area contributed by atoms with Crippen LogP contribution in [0.15, 0.2) is 22.9 Å². The van der Waals surface area contributed by atoms with Crippen molar-refractivity contribution in [1.29, 1.82) is 0 Å². The van der Waals surface area contributed by atoms with Crippen molar-refractivity contribution in [2.24, 2.45) is 0 Å². The van der Waals surface area contributed by atoms with Gasteiger partial charge in [-0.05, 0) is 38.7 Å². The summed E-state index contributed by atoms with van der Waals surface area (Å²) in [5.41, 5.74) is 0. The second kappa shape index (κ2) is 6.11. The summed E-state index contributed by atoms with van der Waals surface area (Å²) < 4.78 is 5.04. The summed E-state index contributed by atoms with van der Waals surface area (Å²) in [6, 6.07) is 4.38. The molecule has 1 fully saturated rings. The van der Waals surface area contributed by atoms with Crippen LogP contribution in [-0.4, -0.2) is 27.7 Å². The number of anilines is 3. The van der Waals surface area contributed by atoms with E-state index in [2.05, 4.69) is 32.3 Å². The highest BCUT2D eigenvalue weighted by Crippen LogP contribution is 2.25. The monoisotopic (exact) mass is 287 g/mol. The zero-order valence-electron chi connectivity index (χ0n) is 12.5. The average molecular weight is 287 g/mol. The minimum atomic E-state index is 0.557. The van der Waals surface area contributed by atoms with Crippen LogP contribution in [0.1, 0.15) is 38.4 Å². The lowest BCUT2D eigenvalue weighted by Crippen LogP contribution is -2.39. The first-order valence-electron chi connectivity index (χ1n) is 7.56. The molecule has 0 aliphatic carbocycles. The molecule has 0 radical (unpaired) electrons. The Morgan fingerprint density at radius 3 is 3.10 bits per heavy atom. The van der Waals surface area contributed by atoms with Gasteiger partial charge in [0.2, 0.25) is 5.95 Å². The van der Waals surface area contributed by atoms with Gasteiger partial charge in [0.05, 0.1) is 0 Å². The summed E-state index contributed by atoms with van der Waals surface area (Å²) in [4.78, 5) is 11.3. The predicted molar refractivity (Wildman–Crippen MR) is 81.8 cm³/mol. The van der Waals surface area contributed by atoms with Gasteiger partial charge < -0.3 is 14.7 Å². The number of rotatable bonds is 4. The molecule has 1 aliphatic rings. The third-order valence-electron chi connectivity index (χ3n) is 3.90. The van der Waals surface area contributed by atoms with E-state index in [-0.39, 0.29) is 0 Å². The molecule has 3 rings (SSSR count). The Hall–Kier alpha value is -2.11. The van der Waals surface area contributed by atoms with Crippen molar-refractivity contribution in [1.82, 2.24) is 15.1 Å². The number of hydrogen-bond acceptors (Lipinski definition) is 6. The molecule has 0 aromatic carbocycles. The van der Waals surface area contributed by atoms with Crippen molar-refractivity contribution >= 4 is 17.6 Å². The van der Waals surface area contributed by atoms with Gasteiger partial charge in [0.1, 0.15) is 11.6 Å². The average Bonchev–Trinajstić information content (AvgIpc) is 2.92. The molecule has 6 heteroatoms. The van der Waals surface area contributed by atoms with Gasteiger partial charge in [-0.3, -0.25) is 0 Å². The van der Waals surface area contributed by atoms with Crippen LogP contribution < -0.4 is 10.2 Å². The summed E-state index contributed by atoms with van der Waals surface area (Å²) in [5.74, 6) is 2.94. The summed E-state index contributed by atoms with van der Waals surface area (Å²) in [7, 11) is 0. The number of nitrogens with zero attached hydrogens (tertiary/aromatic N) is 4. The molecule has 1 aliphatic heterocycles. The number of hydrogen-bond donors (Lipinski definition) is 1. The standard InChI is InChI=1S/C15H21N5O/c1-3-12-6-4-5-9-20(12)14-7-8-16-15(18-14)17-13-10-11(2)21-19-13/h7-8,10,12H,3-6,9H2,1-2H3,(H,16,17,18,19).